The standard InChI is InChI=1S/C15H21NO3/c1-11-3-6-14(19-2)12(9-11)10-15(18)16(7-8-17)13-4-5-13/h3,6,9,13,17H,4-5,7-8,10H2,1-2H3. The van der Waals surface area contributed by atoms with Crippen molar-refractivity contribution in [1.82, 2.24) is 4.90 Å². The summed E-state index contributed by atoms with van der Waals surface area (Å²) in [6.07, 6.45) is 2.44. The first-order chi connectivity index (χ1) is 9.15. The largest absolute Gasteiger partial charge is 0.496 e. The molecule has 0 spiro atoms. The Morgan fingerprint density at radius 1 is 1.47 bits per heavy atom. The fourth-order valence-corrected chi connectivity index (χ4v) is 2.31. The molecule has 0 aromatic heterocycles. The molecule has 0 saturated heterocycles. The van der Waals surface area contributed by atoms with Crippen LogP contribution in [0, 0.1) is 6.92 Å². The molecular formula is C15H21NO3. The van der Waals surface area contributed by atoms with E-state index in [1.54, 1.807) is 12.0 Å². The van der Waals surface area contributed by atoms with Gasteiger partial charge < -0.3 is 14.7 Å². The Hall–Kier alpha value is -1.55. The van der Waals surface area contributed by atoms with Crippen LogP contribution in [0.1, 0.15) is 24.0 Å². The average Bonchev–Trinajstić information content (AvgIpc) is 3.20. The molecule has 1 fully saturated rings. The number of ether oxygens (including phenoxy) is 1. The molecule has 1 aromatic carbocycles. The zero-order valence-electron chi connectivity index (χ0n) is 11.6. The number of aliphatic hydroxyl groups excluding tert-OH is 1. The van der Waals surface area contributed by atoms with E-state index >= 15 is 0 Å². The first kappa shape index (κ1) is 13.9. The topological polar surface area (TPSA) is 49.8 Å². The molecule has 2 rings (SSSR count). The molecule has 1 saturated carbocycles. The van der Waals surface area contributed by atoms with E-state index in [2.05, 4.69) is 0 Å². The Bertz CT molecular complexity index is 455. The number of aliphatic hydroxyl groups is 1. The van der Waals surface area contributed by atoms with Gasteiger partial charge in [0.1, 0.15) is 5.75 Å². The highest BCUT2D eigenvalue weighted by molar-refractivity contribution is 5.80. The first-order valence-electron chi connectivity index (χ1n) is 6.69. The van der Waals surface area contributed by atoms with Gasteiger partial charge in [-0.15, -0.1) is 0 Å². The molecule has 0 aliphatic heterocycles. The van der Waals surface area contributed by atoms with Crippen molar-refractivity contribution in [3.63, 3.8) is 0 Å². The van der Waals surface area contributed by atoms with Crippen LogP contribution in [0.25, 0.3) is 0 Å². The van der Waals surface area contributed by atoms with Gasteiger partial charge in [-0.2, -0.15) is 0 Å². The van der Waals surface area contributed by atoms with Crippen molar-refractivity contribution in [2.75, 3.05) is 20.3 Å². The van der Waals surface area contributed by atoms with Crippen molar-refractivity contribution in [2.24, 2.45) is 0 Å². The zero-order chi connectivity index (χ0) is 13.8. The van der Waals surface area contributed by atoms with Gasteiger partial charge in [-0.05, 0) is 25.8 Å². The van der Waals surface area contributed by atoms with E-state index < -0.39 is 0 Å². The van der Waals surface area contributed by atoms with Gasteiger partial charge in [-0.25, -0.2) is 0 Å². The second kappa shape index (κ2) is 6.06. The number of carbonyl (C=O) groups excluding carboxylic acids is 1. The number of nitrogens with zero attached hydrogens (tertiary/aromatic N) is 1. The van der Waals surface area contributed by atoms with Crippen LogP contribution in [0.5, 0.6) is 5.75 Å². The first-order valence-corrected chi connectivity index (χ1v) is 6.69. The molecule has 1 aliphatic rings. The van der Waals surface area contributed by atoms with Crippen LogP contribution in [0.3, 0.4) is 0 Å². The van der Waals surface area contributed by atoms with Crippen molar-refractivity contribution in [1.29, 1.82) is 0 Å². The van der Waals surface area contributed by atoms with Gasteiger partial charge in [0, 0.05) is 18.2 Å². The summed E-state index contributed by atoms with van der Waals surface area (Å²) in [7, 11) is 1.62. The lowest BCUT2D eigenvalue weighted by Gasteiger charge is -2.22. The van der Waals surface area contributed by atoms with Crippen LogP contribution in [-0.2, 0) is 11.2 Å². The smallest absolute Gasteiger partial charge is 0.227 e. The number of rotatable bonds is 6. The highest BCUT2D eigenvalue weighted by Gasteiger charge is 2.32. The van der Waals surface area contributed by atoms with Crippen molar-refractivity contribution in [3.05, 3.63) is 29.3 Å². The number of hydrogen-bond donors (Lipinski definition) is 1. The second-order valence-electron chi connectivity index (χ2n) is 5.03. The SMILES string of the molecule is COc1ccc(C)cc1CC(=O)N(CCO)C1CC1. The third-order valence-electron chi connectivity index (χ3n) is 3.43. The maximum Gasteiger partial charge on any atom is 0.227 e. The minimum Gasteiger partial charge on any atom is -0.496 e. The van der Waals surface area contributed by atoms with Crippen molar-refractivity contribution < 1.29 is 14.6 Å². The molecule has 4 nitrogen and oxygen atoms in total. The van der Waals surface area contributed by atoms with E-state index in [1.807, 2.05) is 25.1 Å². The fraction of sp³-hybridized carbons (Fsp3) is 0.533. The number of carbonyl (C=O) groups is 1. The van der Waals surface area contributed by atoms with Gasteiger partial charge in [0.15, 0.2) is 0 Å². The Labute approximate surface area is 114 Å². The molecule has 1 aliphatic carbocycles. The summed E-state index contributed by atoms with van der Waals surface area (Å²) in [4.78, 5) is 14.1. The highest BCUT2D eigenvalue weighted by Crippen LogP contribution is 2.28. The average molecular weight is 263 g/mol. The van der Waals surface area contributed by atoms with Crippen molar-refractivity contribution in [2.45, 2.75) is 32.2 Å². The predicted octanol–water partition coefficient (Wildman–Crippen LogP) is 1.53. The lowest BCUT2D eigenvalue weighted by atomic mass is 10.1. The van der Waals surface area contributed by atoms with Crippen LogP contribution in [-0.4, -0.2) is 42.2 Å². The number of hydrogen-bond acceptors (Lipinski definition) is 3. The van der Waals surface area contributed by atoms with Gasteiger partial charge in [0.25, 0.3) is 0 Å². The molecule has 1 aromatic rings. The molecule has 4 heteroatoms. The summed E-state index contributed by atoms with van der Waals surface area (Å²) in [5.74, 6) is 0.819. The Morgan fingerprint density at radius 3 is 2.79 bits per heavy atom. The number of aryl methyl sites for hydroxylation is 1. The lowest BCUT2D eigenvalue weighted by Crippen LogP contribution is -2.36. The molecule has 0 heterocycles. The van der Waals surface area contributed by atoms with E-state index in [-0.39, 0.29) is 12.5 Å². The minimum atomic E-state index is 0.0210. The van der Waals surface area contributed by atoms with E-state index in [0.29, 0.717) is 19.0 Å². The maximum atomic E-state index is 12.3. The summed E-state index contributed by atoms with van der Waals surface area (Å²) in [6.45, 7) is 2.45. The number of amides is 1. The number of methoxy groups -OCH3 is 1. The maximum absolute atomic E-state index is 12.3. The van der Waals surface area contributed by atoms with Gasteiger partial charge in [-0.1, -0.05) is 17.7 Å². The summed E-state index contributed by atoms with van der Waals surface area (Å²) in [6, 6.07) is 6.18. The third kappa shape index (κ3) is 3.47. The third-order valence-corrected chi connectivity index (χ3v) is 3.43. The Kier molecular flexibility index (Phi) is 4.43. The Morgan fingerprint density at radius 2 is 2.21 bits per heavy atom. The molecule has 0 radical (unpaired) electrons. The van der Waals surface area contributed by atoms with Crippen LogP contribution in [0.4, 0.5) is 0 Å². The Balaban J connectivity index is 2.10. The van der Waals surface area contributed by atoms with Gasteiger partial charge in [0.2, 0.25) is 5.91 Å². The second-order valence-corrected chi connectivity index (χ2v) is 5.03. The molecule has 0 unspecified atom stereocenters. The molecule has 0 atom stereocenters. The molecule has 0 bridgehead atoms. The molecular weight excluding hydrogens is 242 g/mol. The molecule has 1 amide bonds. The van der Waals surface area contributed by atoms with E-state index in [4.69, 9.17) is 9.84 Å². The highest BCUT2D eigenvalue weighted by atomic mass is 16.5. The van der Waals surface area contributed by atoms with Crippen LogP contribution in [0.15, 0.2) is 18.2 Å². The summed E-state index contributed by atoms with van der Waals surface area (Å²) in [5.41, 5.74) is 2.03. The molecule has 104 valence electrons. The summed E-state index contributed by atoms with van der Waals surface area (Å²) < 4.78 is 5.30. The fourth-order valence-electron chi connectivity index (χ4n) is 2.31. The monoisotopic (exact) mass is 263 g/mol. The molecule has 1 N–H and O–H groups in total. The van der Waals surface area contributed by atoms with E-state index in [1.165, 1.54) is 0 Å². The normalized spacial score (nSPS) is 14.3. The minimum absolute atomic E-state index is 0.0210. The van der Waals surface area contributed by atoms with Crippen molar-refractivity contribution in [3.8, 4) is 5.75 Å². The van der Waals surface area contributed by atoms with Gasteiger partial charge in [0.05, 0.1) is 20.1 Å². The van der Waals surface area contributed by atoms with Crippen molar-refractivity contribution >= 4 is 5.91 Å². The van der Waals surface area contributed by atoms with Crippen LogP contribution < -0.4 is 4.74 Å². The summed E-state index contributed by atoms with van der Waals surface area (Å²) in [5, 5.41) is 9.05. The number of benzene rings is 1. The predicted molar refractivity (Wildman–Crippen MR) is 73.3 cm³/mol. The van der Waals surface area contributed by atoms with E-state index in [0.717, 1.165) is 29.7 Å². The van der Waals surface area contributed by atoms with Gasteiger partial charge >= 0.3 is 0 Å². The van der Waals surface area contributed by atoms with Crippen LogP contribution >= 0.6 is 0 Å². The molecule has 19 heavy (non-hydrogen) atoms. The van der Waals surface area contributed by atoms with Gasteiger partial charge in [-0.3, -0.25) is 4.79 Å². The van der Waals surface area contributed by atoms with Crippen LogP contribution in [0.2, 0.25) is 0 Å². The lowest BCUT2D eigenvalue weighted by molar-refractivity contribution is -0.131. The summed E-state index contributed by atoms with van der Waals surface area (Å²) >= 11 is 0. The quantitative estimate of drug-likeness (QED) is 0.846. The zero-order valence-corrected chi connectivity index (χ0v) is 11.6. The van der Waals surface area contributed by atoms with E-state index in [9.17, 15) is 4.79 Å².